The van der Waals surface area contributed by atoms with Crippen LogP contribution >= 0.6 is 11.6 Å². The van der Waals surface area contributed by atoms with Crippen LogP contribution in [0.25, 0.3) is 0 Å². The molecule has 0 heterocycles. The first-order valence-corrected chi connectivity index (χ1v) is 6.29. The van der Waals surface area contributed by atoms with Crippen molar-refractivity contribution in [3.63, 3.8) is 0 Å². The van der Waals surface area contributed by atoms with E-state index >= 15 is 0 Å². The topological polar surface area (TPSA) is 12.0 Å². The highest BCUT2D eigenvalue weighted by molar-refractivity contribution is 6.30. The Labute approximate surface area is 116 Å². The van der Waals surface area contributed by atoms with Crippen LogP contribution < -0.4 is 5.32 Å². The molecule has 0 amide bonds. The van der Waals surface area contributed by atoms with Gasteiger partial charge in [0.25, 0.3) is 0 Å². The minimum Gasteiger partial charge on any atom is -0.309 e. The van der Waals surface area contributed by atoms with Crippen LogP contribution in [0.1, 0.15) is 22.7 Å². The minimum atomic E-state index is -0.619. The monoisotopic (exact) mass is 281 g/mol. The summed E-state index contributed by atoms with van der Waals surface area (Å²) in [6.45, 7) is 1.95. The summed E-state index contributed by atoms with van der Waals surface area (Å²) in [5.41, 5.74) is 2.19. The molecule has 0 saturated carbocycles. The average molecular weight is 282 g/mol. The zero-order valence-corrected chi connectivity index (χ0v) is 11.4. The number of hydrogen-bond donors (Lipinski definition) is 1. The lowest BCUT2D eigenvalue weighted by molar-refractivity contribution is 0.558. The van der Waals surface area contributed by atoms with Crippen molar-refractivity contribution in [2.45, 2.75) is 13.0 Å². The SMILES string of the molecule is CNC(c1cccc(C)c1)c1cc(F)c(Cl)cc1F. The van der Waals surface area contributed by atoms with E-state index in [1.807, 2.05) is 31.2 Å². The molecule has 100 valence electrons. The zero-order chi connectivity index (χ0) is 14.0. The van der Waals surface area contributed by atoms with Gasteiger partial charge in [-0.25, -0.2) is 8.78 Å². The van der Waals surface area contributed by atoms with Crippen molar-refractivity contribution in [2.75, 3.05) is 7.05 Å². The van der Waals surface area contributed by atoms with E-state index in [2.05, 4.69) is 5.32 Å². The number of benzene rings is 2. The van der Waals surface area contributed by atoms with Crippen LogP contribution in [0.3, 0.4) is 0 Å². The Balaban J connectivity index is 2.51. The van der Waals surface area contributed by atoms with Gasteiger partial charge in [0.2, 0.25) is 0 Å². The van der Waals surface area contributed by atoms with Gasteiger partial charge in [0, 0.05) is 5.56 Å². The normalized spacial score (nSPS) is 12.5. The van der Waals surface area contributed by atoms with Gasteiger partial charge >= 0.3 is 0 Å². The van der Waals surface area contributed by atoms with Gasteiger partial charge in [0.05, 0.1) is 11.1 Å². The van der Waals surface area contributed by atoms with Crippen LogP contribution in [-0.4, -0.2) is 7.05 Å². The van der Waals surface area contributed by atoms with E-state index in [9.17, 15) is 8.78 Å². The van der Waals surface area contributed by atoms with Gasteiger partial charge in [-0.2, -0.15) is 0 Å². The average Bonchev–Trinajstić information content (AvgIpc) is 2.36. The van der Waals surface area contributed by atoms with E-state index in [0.717, 1.165) is 23.3 Å². The lowest BCUT2D eigenvalue weighted by Gasteiger charge is -2.18. The summed E-state index contributed by atoms with van der Waals surface area (Å²) in [6.07, 6.45) is 0. The smallest absolute Gasteiger partial charge is 0.142 e. The number of hydrogen-bond acceptors (Lipinski definition) is 1. The molecule has 1 atom stereocenters. The molecule has 0 fully saturated rings. The Kier molecular flexibility index (Phi) is 4.17. The molecule has 1 N–H and O–H groups in total. The quantitative estimate of drug-likeness (QED) is 0.830. The largest absolute Gasteiger partial charge is 0.309 e. The second kappa shape index (κ2) is 5.68. The molecule has 0 aliphatic carbocycles. The van der Waals surface area contributed by atoms with Crippen LogP contribution in [0.15, 0.2) is 36.4 Å². The fourth-order valence-corrected chi connectivity index (χ4v) is 2.26. The van der Waals surface area contributed by atoms with Crippen molar-refractivity contribution in [2.24, 2.45) is 0 Å². The summed E-state index contributed by atoms with van der Waals surface area (Å²) < 4.78 is 27.5. The summed E-state index contributed by atoms with van der Waals surface area (Å²) >= 11 is 5.57. The van der Waals surface area contributed by atoms with E-state index in [-0.39, 0.29) is 10.6 Å². The van der Waals surface area contributed by atoms with Crippen LogP contribution in [0.4, 0.5) is 8.78 Å². The van der Waals surface area contributed by atoms with Crippen LogP contribution in [0.5, 0.6) is 0 Å². The van der Waals surface area contributed by atoms with E-state index in [1.165, 1.54) is 0 Å². The maximum atomic E-state index is 14.0. The van der Waals surface area contributed by atoms with Crippen molar-refractivity contribution in [1.29, 1.82) is 0 Å². The van der Waals surface area contributed by atoms with Crippen molar-refractivity contribution in [1.82, 2.24) is 5.32 Å². The van der Waals surface area contributed by atoms with Crippen LogP contribution in [0.2, 0.25) is 5.02 Å². The summed E-state index contributed by atoms with van der Waals surface area (Å²) in [5.74, 6) is -1.14. The lowest BCUT2D eigenvalue weighted by Crippen LogP contribution is -2.19. The second-order valence-corrected chi connectivity index (χ2v) is 4.83. The van der Waals surface area contributed by atoms with E-state index < -0.39 is 17.7 Å². The predicted molar refractivity (Wildman–Crippen MR) is 73.4 cm³/mol. The maximum absolute atomic E-state index is 14.0. The first-order chi connectivity index (χ1) is 9.02. The molecule has 0 aromatic heterocycles. The maximum Gasteiger partial charge on any atom is 0.142 e. The van der Waals surface area contributed by atoms with E-state index in [0.29, 0.717) is 0 Å². The van der Waals surface area contributed by atoms with Crippen molar-refractivity contribution in [3.05, 3.63) is 69.7 Å². The van der Waals surface area contributed by atoms with Crippen molar-refractivity contribution >= 4 is 11.6 Å². The van der Waals surface area contributed by atoms with Crippen molar-refractivity contribution in [3.8, 4) is 0 Å². The minimum absolute atomic E-state index is 0.208. The molecule has 0 aliphatic heterocycles. The lowest BCUT2D eigenvalue weighted by atomic mass is 9.97. The molecule has 1 nitrogen and oxygen atoms in total. The molecule has 0 bridgehead atoms. The molecule has 19 heavy (non-hydrogen) atoms. The fraction of sp³-hybridized carbons (Fsp3) is 0.200. The fourth-order valence-electron chi connectivity index (χ4n) is 2.11. The van der Waals surface area contributed by atoms with Gasteiger partial charge in [-0.3, -0.25) is 0 Å². The molecule has 1 unspecified atom stereocenters. The molecule has 0 spiro atoms. The summed E-state index contributed by atoms with van der Waals surface area (Å²) in [5, 5.41) is 2.79. The number of aryl methyl sites for hydroxylation is 1. The second-order valence-electron chi connectivity index (χ2n) is 4.42. The number of halogens is 3. The Morgan fingerprint density at radius 2 is 1.84 bits per heavy atom. The molecule has 0 saturated heterocycles. The van der Waals surface area contributed by atoms with Crippen LogP contribution in [0, 0.1) is 18.6 Å². The van der Waals surface area contributed by atoms with E-state index in [1.54, 1.807) is 7.05 Å². The van der Waals surface area contributed by atoms with Crippen LogP contribution in [-0.2, 0) is 0 Å². The third-order valence-corrected chi connectivity index (χ3v) is 3.30. The summed E-state index contributed by atoms with van der Waals surface area (Å²) in [7, 11) is 1.71. The van der Waals surface area contributed by atoms with Crippen molar-refractivity contribution < 1.29 is 8.78 Å². The number of rotatable bonds is 3. The predicted octanol–water partition coefficient (Wildman–Crippen LogP) is 4.24. The molecule has 2 rings (SSSR count). The molecule has 4 heteroatoms. The van der Waals surface area contributed by atoms with Gasteiger partial charge in [0.15, 0.2) is 0 Å². The molecular weight excluding hydrogens is 268 g/mol. The van der Waals surface area contributed by atoms with Gasteiger partial charge in [-0.1, -0.05) is 41.4 Å². The molecule has 0 aliphatic rings. The highest BCUT2D eigenvalue weighted by Gasteiger charge is 2.18. The Bertz CT molecular complexity index is 599. The standard InChI is InChI=1S/C15H14ClF2N/c1-9-4-3-5-10(6-9)15(19-2)11-7-14(18)12(16)8-13(11)17/h3-8,15,19H,1-2H3. The summed E-state index contributed by atoms with van der Waals surface area (Å²) in [4.78, 5) is 0. The van der Waals surface area contributed by atoms with Gasteiger partial charge < -0.3 is 5.32 Å². The molecule has 2 aromatic carbocycles. The summed E-state index contributed by atoms with van der Waals surface area (Å²) in [6, 6.07) is 9.39. The Morgan fingerprint density at radius 1 is 1.11 bits per heavy atom. The zero-order valence-electron chi connectivity index (χ0n) is 10.7. The number of nitrogens with one attached hydrogen (secondary N) is 1. The molecular formula is C15H14ClF2N. The van der Waals surface area contributed by atoms with Gasteiger partial charge in [0.1, 0.15) is 11.6 Å². The third-order valence-electron chi connectivity index (χ3n) is 3.01. The Morgan fingerprint density at radius 3 is 2.47 bits per heavy atom. The third kappa shape index (κ3) is 2.94. The first kappa shape index (κ1) is 14.0. The Hall–Kier alpha value is -1.45. The highest BCUT2D eigenvalue weighted by atomic mass is 35.5. The van der Waals surface area contributed by atoms with Gasteiger partial charge in [-0.05, 0) is 31.7 Å². The highest BCUT2D eigenvalue weighted by Crippen LogP contribution is 2.28. The molecule has 2 aromatic rings. The first-order valence-electron chi connectivity index (χ1n) is 5.91. The van der Waals surface area contributed by atoms with Gasteiger partial charge in [-0.15, -0.1) is 0 Å². The molecule has 0 radical (unpaired) electrons. The van der Waals surface area contributed by atoms with E-state index in [4.69, 9.17) is 11.6 Å².